The van der Waals surface area contributed by atoms with Crippen LogP contribution in [0.3, 0.4) is 0 Å². The van der Waals surface area contributed by atoms with Crippen LogP contribution in [0.15, 0.2) is 48.5 Å². The largest absolute Gasteiger partial charge is 0.481 e. The summed E-state index contributed by atoms with van der Waals surface area (Å²) in [4.78, 5) is 22.2. The molecule has 1 atom stereocenters. The number of rotatable bonds is 8. The standard InChI is InChI=1S/C18H21N3O4/c1-13-4-3-5-17(12-13)25-14(2)18(22)20-11-10-19-15-6-8-16(9-7-15)21(23)24/h3-9,12,14,19H,10-11H2,1-2H3,(H,20,22). The molecule has 1 amide bonds. The lowest BCUT2D eigenvalue weighted by molar-refractivity contribution is -0.384. The minimum atomic E-state index is -0.596. The number of ether oxygens (including phenoxy) is 1. The van der Waals surface area contributed by atoms with Crippen LogP contribution in [0.4, 0.5) is 11.4 Å². The van der Waals surface area contributed by atoms with Crippen LogP contribution in [-0.4, -0.2) is 30.0 Å². The van der Waals surface area contributed by atoms with E-state index in [0.717, 1.165) is 11.3 Å². The molecule has 0 aromatic heterocycles. The fourth-order valence-electron chi connectivity index (χ4n) is 2.18. The molecule has 0 saturated carbocycles. The molecule has 0 heterocycles. The third-order valence-electron chi connectivity index (χ3n) is 3.50. The van der Waals surface area contributed by atoms with E-state index in [4.69, 9.17) is 4.74 Å². The van der Waals surface area contributed by atoms with Crippen LogP contribution in [0.2, 0.25) is 0 Å². The lowest BCUT2D eigenvalue weighted by Crippen LogP contribution is -2.38. The molecule has 7 heteroatoms. The Bertz CT molecular complexity index is 731. The Morgan fingerprint density at radius 2 is 1.92 bits per heavy atom. The second-order valence-corrected chi connectivity index (χ2v) is 5.60. The highest BCUT2D eigenvalue weighted by atomic mass is 16.6. The molecule has 0 aliphatic rings. The molecule has 25 heavy (non-hydrogen) atoms. The number of hydrogen-bond donors (Lipinski definition) is 2. The van der Waals surface area contributed by atoms with Crippen molar-refractivity contribution in [1.29, 1.82) is 0 Å². The Balaban J connectivity index is 1.71. The van der Waals surface area contributed by atoms with Gasteiger partial charge in [-0.15, -0.1) is 0 Å². The number of anilines is 1. The molecule has 2 aromatic rings. The van der Waals surface area contributed by atoms with E-state index in [9.17, 15) is 14.9 Å². The normalized spacial score (nSPS) is 11.4. The van der Waals surface area contributed by atoms with Gasteiger partial charge in [-0.1, -0.05) is 12.1 Å². The van der Waals surface area contributed by atoms with Crippen LogP contribution >= 0.6 is 0 Å². The fourth-order valence-corrected chi connectivity index (χ4v) is 2.18. The van der Waals surface area contributed by atoms with Gasteiger partial charge in [0, 0.05) is 30.9 Å². The lowest BCUT2D eigenvalue weighted by Gasteiger charge is -2.15. The maximum Gasteiger partial charge on any atom is 0.269 e. The number of benzene rings is 2. The van der Waals surface area contributed by atoms with E-state index >= 15 is 0 Å². The number of carbonyl (C=O) groups is 1. The van der Waals surface area contributed by atoms with E-state index in [2.05, 4.69) is 10.6 Å². The summed E-state index contributed by atoms with van der Waals surface area (Å²) in [5.74, 6) is 0.457. The van der Waals surface area contributed by atoms with Gasteiger partial charge in [0.15, 0.2) is 6.10 Å². The van der Waals surface area contributed by atoms with Gasteiger partial charge in [0.25, 0.3) is 11.6 Å². The number of nitrogens with one attached hydrogen (secondary N) is 2. The summed E-state index contributed by atoms with van der Waals surface area (Å²) in [6.45, 7) is 4.57. The Hall–Kier alpha value is -3.09. The topological polar surface area (TPSA) is 93.5 Å². The first-order valence-corrected chi connectivity index (χ1v) is 7.95. The van der Waals surface area contributed by atoms with Crippen molar-refractivity contribution in [2.45, 2.75) is 20.0 Å². The van der Waals surface area contributed by atoms with Crippen molar-refractivity contribution in [3.8, 4) is 5.75 Å². The summed E-state index contributed by atoms with van der Waals surface area (Å²) in [6.07, 6.45) is -0.596. The first kappa shape index (κ1) is 18.3. The van der Waals surface area contributed by atoms with Crippen molar-refractivity contribution in [2.24, 2.45) is 0 Å². The Morgan fingerprint density at radius 1 is 1.20 bits per heavy atom. The van der Waals surface area contributed by atoms with Crippen molar-refractivity contribution < 1.29 is 14.5 Å². The van der Waals surface area contributed by atoms with E-state index in [0.29, 0.717) is 18.8 Å². The molecule has 0 saturated heterocycles. The van der Waals surface area contributed by atoms with Gasteiger partial charge in [0.05, 0.1) is 4.92 Å². The average molecular weight is 343 g/mol. The number of carbonyl (C=O) groups excluding carboxylic acids is 1. The van der Waals surface area contributed by atoms with Gasteiger partial charge in [-0.25, -0.2) is 0 Å². The molecule has 0 radical (unpaired) electrons. The monoisotopic (exact) mass is 343 g/mol. The molecule has 0 bridgehead atoms. The van der Waals surface area contributed by atoms with Crippen molar-refractivity contribution in [3.63, 3.8) is 0 Å². The third-order valence-corrected chi connectivity index (χ3v) is 3.50. The summed E-state index contributed by atoms with van der Waals surface area (Å²) < 4.78 is 5.61. The number of nitrogens with zero attached hydrogens (tertiary/aromatic N) is 1. The quantitative estimate of drug-likeness (QED) is 0.437. The van der Waals surface area contributed by atoms with Crippen LogP contribution in [0.5, 0.6) is 5.75 Å². The van der Waals surface area contributed by atoms with E-state index < -0.39 is 11.0 Å². The van der Waals surface area contributed by atoms with Gasteiger partial charge in [-0.2, -0.15) is 0 Å². The second-order valence-electron chi connectivity index (χ2n) is 5.60. The van der Waals surface area contributed by atoms with Crippen LogP contribution < -0.4 is 15.4 Å². The van der Waals surface area contributed by atoms with Gasteiger partial charge >= 0.3 is 0 Å². The molecule has 0 fully saturated rings. The number of hydrogen-bond acceptors (Lipinski definition) is 5. The van der Waals surface area contributed by atoms with E-state index in [1.165, 1.54) is 12.1 Å². The van der Waals surface area contributed by atoms with Crippen molar-refractivity contribution >= 4 is 17.3 Å². The molecule has 2 N–H and O–H groups in total. The SMILES string of the molecule is Cc1cccc(OC(C)C(=O)NCCNc2ccc([N+](=O)[O-])cc2)c1. The molecule has 2 aromatic carbocycles. The molecule has 0 aliphatic heterocycles. The van der Waals surface area contributed by atoms with Crippen molar-refractivity contribution in [1.82, 2.24) is 5.32 Å². The zero-order chi connectivity index (χ0) is 18.2. The zero-order valence-electron chi connectivity index (χ0n) is 14.2. The predicted octanol–water partition coefficient (Wildman–Crippen LogP) is 2.90. The first-order chi connectivity index (χ1) is 12.0. The number of non-ortho nitro benzene ring substituents is 1. The fraction of sp³-hybridized carbons (Fsp3) is 0.278. The maximum absolute atomic E-state index is 12.0. The molecule has 0 aliphatic carbocycles. The summed E-state index contributed by atoms with van der Waals surface area (Å²) in [6, 6.07) is 13.6. The van der Waals surface area contributed by atoms with Crippen molar-refractivity contribution in [2.75, 3.05) is 18.4 Å². The maximum atomic E-state index is 12.0. The van der Waals surface area contributed by atoms with Gasteiger partial charge < -0.3 is 15.4 Å². The summed E-state index contributed by atoms with van der Waals surface area (Å²) in [5, 5.41) is 16.5. The van der Waals surface area contributed by atoms with E-state index in [1.807, 2.05) is 31.2 Å². The summed E-state index contributed by atoms with van der Waals surface area (Å²) in [5.41, 5.74) is 1.86. The van der Waals surface area contributed by atoms with Gasteiger partial charge in [0.1, 0.15) is 5.75 Å². The summed E-state index contributed by atoms with van der Waals surface area (Å²) >= 11 is 0. The van der Waals surface area contributed by atoms with Crippen molar-refractivity contribution in [3.05, 3.63) is 64.2 Å². The highest BCUT2D eigenvalue weighted by Gasteiger charge is 2.13. The molecule has 1 unspecified atom stereocenters. The van der Waals surface area contributed by atoms with Gasteiger partial charge in [-0.3, -0.25) is 14.9 Å². The number of amides is 1. The highest BCUT2D eigenvalue weighted by Crippen LogP contribution is 2.15. The Morgan fingerprint density at radius 3 is 2.56 bits per heavy atom. The molecule has 132 valence electrons. The average Bonchev–Trinajstić information content (AvgIpc) is 2.59. The van der Waals surface area contributed by atoms with Crippen LogP contribution in [0.25, 0.3) is 0 Å². The number of nitro groups is 1. The molecule has 0 spiro atoms. The van der Waals surface area contributed by atoms with Crippen LogP contribution in [-0.2, 0) is 4.79 Å². The second kappa shape index (κ2) is 8.68. The van der Waals surface area contributed by atoms with Gasteiger partial charge in [0.2, 0.25) is 0 Å². The number of aryl methyl sites for hydroxylation is 1. The zero-order valence-corrected chi connectivity index (χ0v) is 14.2. The van der Waals surface area contributed by atoms with Crippen LogP contribution in [0.1, 0.15) is 12.5 Å². The predicted molar refractivity (Wildman–Crippen MR) is 95.9 cm³/mol. The first-order valence-electron chi connectivity index (χ1n) is 7.95. The molecule has 7 nitrogen and oxygen atoms in total. The minimum Gasteiger partial charge on any atom is -0.481 e. The molecule has 2 rings (SSSR count). The molecular weight excluding hydrogens is 322 g/mol. The smallest absolute Gasteiger partial charge is 0.269 e. The van der Waals surface area contributed by atoms with Gasteiger partial charge in [-0.05, 0) is 43.7 Å². The highest BCUT2D eigenvalue weighted by molar-refractivity contribution is 5.80. The van der Waals surface area contributed by atoms with Crippen LogP contribution in [0, 0.1) is 17.0 Å². The summed E-state index contributed by atoms with van der Waals surface area (Å²) in [7, 11) is 0. The van der Waals surface area contributed by atoms with E-state index in [1.54, 1.807) is 19.1 Å². The minimum absolute atomic E-state index is 0.0426. The lowest BCUT2D eigenvalue weighted by atomic mass is 10.2. The third kappa shape index (κ3) is 5.80. The molecular formula is C18H21N3O4. The Labute approximate surface area is 146 Å². The Kier molecular flexibility index (Phi) is 6.33. The van der Waals surface area contributed by atoms with E-state index in [-0.39, 0.29) is 11.6 Å². The number of nitro benzene ring substituents is 1.